The predicted molar refractivity (Wildman–Crippen MR) is 102 cm³/mol. The summed E-state index contributed by atoms with van der Waals surface area (Å²) in [7, 11) is 0. The third kappa shape index (κ3) is 5.72. The molecule has 2 rings (SSSR count). The van der Waals surface area contributed by atoms with Crippen LogP contribution >= 0.6 is 0 Å². The minimum Gasteiger partial charge on any atom is -0.494 e. The van der Waals surface area contributed by atoms with Crippen LogP contribution in [0, 0.1) is 22.7 Å². The van der Waals surface area contributed by atoms with E-state index in [4.69, 9.17) is 14.7 Å². The molecule has 0 saturated heterocycles. The Balaban J connectivity index is 1.97. The van der Waals surface area contributed by atoms with Crippen molar-refractivity contribution in [3.63, 3.8) is 0 Å². The van der Waals surface area contributed by atoms with E-state index >= 15 is 0 Å². The average Bonchev–Trinajstić information content (AvgIpc) is 2.72. The molecule has 0 aliphatic rings. The maximum Gasteiger partial charge on any atom is 0.349 e. The number of para-hydroxylation sites is 1. The number of nitrogens with one attached hydrogen (secondary N) is 1. The van der Waals surface area contributed by atoms with Crippen molar-refractivity contribution in [2.24, 2.45) is 0 Å². The van der Waals surface area contributed by atoms with Crippen molar-refractivity contribution >= 4 is 23.6 Å². The smallest absolute Gasteiger partial charge is 0.349 e. The second-order valence-electron chi connectivity index (χ2n) is 5.45. The Kier molecular flexibility index (Phi) is 7.33. The van der Waals surface area contributed by atoms with Gasteiger partial charge in [0.25, 0.3) is 5.91 Å². The topological polar surface area (TPSA) is 112 Å². The molecule has 0 atom stereocenters. The van der Waals surface area contributed by atoms with Gasteiger partial charge in [0.05, 0.1) is 17.9 Å². The van der Waals surface area contributed by atoms with Crippen LogP contribution in [0.3, 0.4) is 0 Å². The van der Waals surface area contributed by atoms with Crippen LogP contribution in [-0.2, 0) is 14.3 Å². The largest absolute Gasteiger partial charge is 0.494 e. The van der Waals surface area contributed by atoms with Crippen LogP contribution in [0.15, 0.2) is 54.1 Å². The molecule has 0 bridgehead atoms. The van der Waals surface area contributed by atoms with E-state index in [-0.39, 0.29) is 11.1 Å². The molecule has 2 aromatic carbocycles. The number of esters is 1. The molecule has 140 valence electrons. The van der Waals surface area contributed by atoms with Gasteiger partial charge in [0.2, 0.25) is 0 Å². The molecule has 0 spiro atoms. The number of amides is 1. The fourth-order valence-electron chi connectivity index (χ4n) is 2.22. The van der Waals surface area contributed by atoms with Gasteiger partial charge in [0, 0.05) is 0 Å². The third-order valence-corrected chi connectivity index (χ3v) is 3.50. The number of benzene rings is 2. The van der Waals surface area contributed by atoms with Crippen molar-refractivity contribution in [3.8, 4) is 17.9 Å². The Hall–Kier alpha value is -4.10. The first kappa shape index (κ1) is 20.2. The summed E-state index contributed by atoms with van der Waals surface area (Å²) in [5, 5.41) is 20.7. The normalized spacial score (nSPS) is 10.3. The minimum atomic E-state index is -0.917. The number of rotatable bonds is 7. The number of carbonyl (C=O) groups excluding carboxylic acids is 2. The summed E-state index contributed by atoms with van der Waals surface area (Å²) in [6, 6.07) is 17.0. The van der Waals surface area contributed by atoms with Crippen LogP contribution in [0.25, 0.3) is 6.08 Å². The quantitative estimate of drug-likeness (QED) is 0.452. The Morgan fingerprint density at radius 3 is 2.46 bits per heavy atom. The van der Waals surface area contributed by atoms with Gasteiger partial charge in [-0.1, -0.05) is 24.3 Å². The molecule has 1 amide bonds. The highest BCUT2D eigenvalue weighted by Gasteiger charge is 2.14. The molecule has 7 nitrogen and oxygen atoms in total. The van der Waals surface area contributed by atoms with Crippen molar-refractivity contribution in [3.05, 3.63) is 65.2 Å². The molecule has 0 aromatic heterocycles. The molecule has 0 fully saturated rings. The van der Waals surface area contributed by atoms with Crippen LogP contribution in [0.5, 0.6) is 5.75 Å². The van der Waals surface area contributed by atoms with Gasteiger partial charge in [-0.05, 0) is 42.8 Å². The van der Waals surface area contributed by atoms with Gasteiger partial charge in [-0.15, -0.1) is 0 Å². The van der Waals surface area contributed by atoms with Crippen molar-refractivity contribution in [1.82, 2.24) is 0 Å². The van der Waals surface area contributed by atoms with E-state index in [2.05, 4.69) is 5.32 Å². The lowest BCUT2D eigenvalue weighted by Gasteiger charge is -2.07. The van der Waals surface area contributed by atoms with Crippen molar-refractivity contribution in [2.75, 3.05) is 18.5 Å². The summed E-state index contributed by atoms with van der Waals surface area (Å²) in [4.78, 5) is 24.0. The Bertz CT molecular complexity index is 966. The Labute approximate surface area is 162 Å². The number of nitrogens with zero attached hydrogens (tertiary/aromatic N) is 2. The number of carbonyl (C=O) groups is 2. The van der Waals surface area contributed by atoms with Gasteiger partial charge in [0.15, 0.2) is 6.61 Å². The third-order valence-electron chi connectivity index (χ3n) is 3.50. The molecule has 0 unspecified atom stereocenters. The second kappa shape index (κ2) is 10.1. The molecule has 0 aliphatic heterocycles. The summed E-state index contributed by atoms with van der Waals surface area (Å²) >= 11 is 0. The number of hydrogen-bond donors (Lipinski definition) is 1. The van der Waals surface area contributed by atoms with Gasteiger partial charge in [-0.25, -0.2) is 4.79 Å². The van der Waals surface area contributed by atoms with E-state index in [0.29, 0.717) is 23.6 Å². The lowest BCUT2D eigenvalue weighted by molar-refractivity contribution is -0.142. The zero-order chi connectivity index (χ0) is 20.4. The van der Waals surface area contributed by atoms with Gasteiger partial charge in [-0.3, -0.25) is 4.79 Å². The first-order valence-electron chi connectivity index (χ1n) is 8.38. The summed E-state index contributed by atoms with van der Waals surface area (Å²) in [5.74, 6) is -0.857. The highest BCUT2D eigenvalue weighted by molar-refractivity contribution is 6.00. The van der Waals surface area contributed by atoms with E-state index < -0.39 is 18.5 Å². The number of anilines is 1. The van der Waals surface area contributed by atoms with E-state index in [9.17, 15) is 14.9 Å². The van der Waals surface area contributed by atoms with Gasteiger partial charge >= 0.3 is 5.97 Å². The fraction of sp³-hybridized carbons (Fsp3) is 0.143. The monoisotopic (exact) mass is 375 g/mol. The average molecular weight is 375 g/mol. The summed E-state index contributed by atoms with van der Waals surface area (Å²) in [6.45, 7) is 1.82. The fourth-order valence-corrected chi connectivity index (χ4v) is 2.22. The Morgan fingerprint density at radius 1 is 1.11 bits per heavy atom. The maximum atomic E-state index is 12.1. The number of hydrogen-bond acceptors (Lipinski definition) is 6. The minimum absolute atomic E-state index is 0.241. The zero-order valence-corrected chi connectivity index (χ0v) is 15.1. The Morgan fingerprint density at radius 2 is 1.82 bits per heavy atom. The first-order chi connectivity index (χ1) is 13.6. The summed E-state index contributed by atoms with van der Waals surface area (Å²) < 4.78 is 10.2. The SMILES string of the molecule is CCOc1ccc(/C=C(\C#N)C(=O)OCC(=O)Nc2ccccc2C#N)cc1. The lowest BCUT2D eigenvalue weighted by Crippen LogP contribution is -2.21. The van der Waals surface area contributed by atoms with Crippen LogP contribution in [-0.4, -0.2) is 25.1 Å². The maximum absolute atomic E-state index is 12.1. The predicted octanol–water partition coefficient (Wildman–Crippen LogP) is 3.05. The first-order valence-corrected chi connectivity index (χ1v) is 8.38. The van der Waals surface area contributed by atoms with Gasteiger partial charge in [-0.2, -0.15) is 10.5 Å². The molecule has 28 heavy (non-hydrogen) atoms. The lowest BCUT2D eigenvalue weighted by atomic mass is 10.1. The molecule has 1 N–H and O–H groups in total. The van der Waals surface area contributed by atoms with E-state index in [1.165, 1.54) is 6.08 Å². The highest BCUT2D eigenvalue weighted by Crippen LogP contribution is 2.15. The summed E-state index contributed by atoms with van der Waals surface area (Å²) in [6.07, 6.45) is 1.36. The molecule has 0 radical (unpaired) electrons. The van der Waals surface area contributed by atoms with Gasteiger partial charge in [0.1, 0.15) is 23.5 Å². The summed E-state index contributed by atoms with van der Waals surface area (Å²) in [5.41, 5.74) is 0.977. The van der Waals surface area contributed by atoms with Crippen LogP contribution in [0.2, 0.25) is 0 Å². The highest BCUT2D eigenvalue weighted by atomic mass is 16.5. The van der Waals surface area contributed by atoms with Crippen molar-refractivity contribution in [1.29, 1.82) is 10.5 Å². The van der Waals surface area contributed by atoms with Crippen molar-refractivity contribution in [2.45, 2.75) is 6.92 Å². The molecule has 0 saturated carbocycles. The van der Waals surface area contributed by atoms with Crippen molar-refractivity contribution < 1.29 is 19.1 Å². The molecule has 7 heteroatoms. The second-order valence-corrected chi connectivity index (χ2v) is 5.45. The molecular formula is C21H17N3O4. The molecule has 2 aromatic rings. The standard InChI is InChI=1S/C21H17N3O4/c1-2-27-18-9-7-15(8-10-18)11-17(13-23)21(26)28-14-20(25)24-19-6-4-3-5-16(19)12-22/h3-11H,2,14H2,1H3,(H,24,25)/b17-11+. The van der Waals surface area contributed by atoms with Crippen LogP contribution in [0.4, 0.5) is 5.69 Å². The van der Waals surface area contributed by atoms with Gasteiger partial charge < -0.3 is 14.8 Å². The molecule has 0 heterocycles. The zero-order valence-electron chi connectivity index (χ0n) is 15.1. The van der Waals surface area contributed by atoms with E-state index in [1.807, 2.05) is 13.0 Å². The van der Waals surface area contributed by atoms with E-state index in [1.54, 1.807) is 54.6 Å². The van der Waals surface area contributed by atoms with E-state index in [0.717, 1.165) is 0 Å². The van der Waals surface area contributed by atoms with Crippen LogP contribution < -0.4 is 10.1 Å². The number of nitriles is 2. The molecule has 0 aliphatic carbocycles. The molecular weight excluding hydrogens is 358 g/mol. The van der Waals surface area contributed by atoms with Crippen LogP contribution in [0.1, 0.15) is 18.1 Å². The number of ether oxygens (including phenoxy) is 2.